The van der Waals surface area contributed by atoms with E-state index in [-0.39, 0.29) is 11.9 Å². The van der Waals surface area contributed by atoms with Gasteiger partial charge in [0.25, 0.3) is 5.91 Å². The molecule has 0 radical (unpaired) electrons. The Morgan fingerprint density at radius 1 is 1.25 bits per heavy atom. The van der Waals surface area contributed by atoms with Gasteiger partial charge in [-0.25, -0.2) is 0 Å². The number of aromatic amines is 1. The lowest BCUT2D eigenvalue weighted by Crippen LogP contribution is -2.26. The number of nitrogens with one attached hydrogen (secondary N) is 2. The van der Waals surface area contributed by atoms with Gasteiger partial charge in [-0.3, -0.25) is 9.89 Å². The van der Waals surface area contributed by atoms with Crippen LogP contribution in [0.3, 0.4) is 0 Å². The minimum absolute atomic E-state index is 0.0334. The molecule has 1 heterocycles. The highest BCUT2D eigenvalue weighted by atomic mass is 16.2. The molecule has 4 heteroatoms. The molecular formula is C16H21N3O. The number of aromatic nitrogens is 2. The Kier molecular flexibility index (Phi) is 4.56. The second-order valence-electron chi connectivity index (χ2n) is 5.48. The number of rotatable bonds is 5. The monoisotopic (exact) mass is 271 g/mol. The van der Waals surface area contributed by atoms with E-state index in [1.165, 1.54) is 0 Å². The van der Waals surface area contributed by atoms with Gasteiger partial charge in [0.05, 0.1) is 6.04 Å². The van der Waals surface area contributed by atoms with E-state index in [4.69, 9.17) is 0 Å². The van der Waals surface area contributed by atoms with Crippen molar-refractivity contribution in [3.8, 4) is 0 Å². The molecule has 2 rings (SSSR count). The molecule has 0 saturated carbocycles. The van der Waals surface area contributed by atoms with Crippen molar-refractivity contribution in [1.29, 1.82) is 0 Å². The smallest absolute Gasteiger partial charge is 0.272 e. The van der Waals surface area contributed by atoms with E-state index in [0.29, 0.717) is 11.6 Å². The van der Waals surface area contributed by atoms with Crippen molar-refractivity contribution in [3.63, 3.8) is 0 Å². The van der Waals surface area contributed by atoms with E-state index in [1.54, 1.807) is 0 Å². The summed E-state index contributed by atoms with van der Waals surface area (Å²) in [6, 6.07) is 11.7. The number of hydrogen-bond donors (Lipinski definition) is 2. The van der Waals surface area contributed by atoms with Crippen LogP contribution in [0.25, 0.3) is 0 Å². The van der Waals surface area contributed by atoms with Crippen LogP contribution in [-0.2, 0) is 6.42 Å². The minimum Gasteiger partial charge on any atom is -0.344 e. The first-order valence-electron chi connectivity index (χ1n) is 6.96. The van der Waals surface area contributed by atoms with Crippen molar-refractivity contribution < 1.29 is 4.79 Å². The summed E-state index contributed by atoms with van der Waals surface area (Å²) in [5, 5.41) is 9.96. The maximum atomic E-state index is 12.1. The number of H-pyrrole nitrogens is 1. The summed E-state index contributed by atoms with van der Waals surface area (Å²) >= 11 is 0. The normalized spacial score (nSPS) is 12.4. The van der Waals surface area contributed by atoms with Crippen LogP contribution in [0, 0.1) is 5.92 Å². The van der Waals surface area contributed by atoms with Gasteiger partial charge in [-0.15, -0.1) is 0 Å². The van der Waals surface area contributed by atoms with Gasteiger partial charge in [0.2, 0.25) is 0 Å². The third kappa shape index (κ3) is 3.70. The van der Waals surface area contributed by atoms with Crippen LogP contribution in [-0.4, -0.2) is 16.1 Å². The summed E-state index contributed by atoms with van der Waals surface area (Å²) in [4.78, 5) is 12.1. The van der Waals surface area contributed by atoms with Crippen LogP contribution >= 0.6 is 0 Å². The second-order valence-corrected chi connectivity index (χ2v) is 5.48. The Hall–Kier alpha value is -2.10. The molecule has 0 fully saturated rings. The molecule has 1 aromatic heterocycles. The lowest BCUT2D eigenvalue weighted by atomic mass is 10.1. The van der Waals surface area contributed by atoms with E-state index in [1.807, 2.05) is 43.3 Å². The molecule has 20 heavy (non-hydrogen) atoms. The Labute approximate surface area is 119 Å². The first kappa shape index (κ1) is 14.3. The maximum absolute atomic E-state index is 12.1. The molecule has 0 spiro atoms. The molecule has 1 atom stereocenters. The highest BCUT2D eigenvalue weighted by Crippen LogP contribution is 2.12. The molecular weight excluding hydrogens is 250 g/mol. The summed E-state index contributed by atoms with van der Waals surface area (Å²) in [7, 11) is 0. The molecule has 1 aromatic carbocycles. The van der Waals surface area contributed by atoms with Gasteiger partial charge in [-0.1, -0.05) is 44.2 Å². The number of hydrogen-bond acceptors (Lipinski definition) is 2. The average Bonchev–Trinajstić information content (AvgIpc) is 2.87. The van der Waals surface area contributed by atoms with E-state index in [9.17, 15) is 4.79 Å². The molecule has 0 aliphatic carbocycles. The van der Waals surface area contributed by atoms with Crippen molar-refractivity contribution in [3.05, 3.63) is 53.3 Å². The quantitative estimate of drug-likeness (QED) is 0.878. The van der Waals surface area contributed by atoms with E-state index in [2.05, 4.69) is 29.4 Å². The van der Waals surface area contributed by atoms with Crippen LogP contribution in [0.2, 0.25) is 0 Å². The first-order valence-corrected chi connectivity index (χ1v) is 6.96. The molecule has 0 aliphatic heterocycles. The van der Waals surface area contributed by atoms with E-state index >= 15 is 0 Å². The molecule has 0 saturated heterocycles. The van der Waals surface area contributed by atoms with Crippen molar-refractivity contribution in [1.82, 2.24) is 15.5 Å². The predicted octanol–water partition coefficient (Wildman–Crippen LogP) is 3.10. The molecule has 1 amide bonds. The molecule has 0 bridgehead atoms. The topological polar surface area (TPSA) is 57.8 Å². The van der Waals surface area contributed by atoms with Crippen molar-refractivity contribution in [2.24, 2.45) is 5.92 Å². The van der Waals surface area contributed by atoms with Crippen LogP contribution < -0.4 is 5.32 Å². The SMILES string of the molecule is CC(C)Cc1cc(C(=O)NC(C)c2ccccc2)n[nH]1. The van der Waals surface area contributed by atoms with E-state index in [0.717, 1.165) is 17.7 Å². The van der Waals surface area contributed by atoms with Gasteiger partial charge in [0.1, 0.15) is 5.69 Å². The van der Waals surface area contributed by atoms with Gasteiger partial charge in [0, 0.05) is 5.69 Å². The molecule has 4 nitrogen and oxygen atoms in total. The minimum atomic E-state index is -0.146. The van der Waals surface area contributed by atoms with Gasteiger partial charge in [-0.2, -0.15) is 5.10 Å². The third-order valence-electron chi connectivity index (χ3n) is 3.14. The molecule has 106 valence electrons. The van der Waals surface area contributed by atoms with Gasteiger partial charge in [0.15, 0.2) is 0 Å². The van der Waals surface area contributed by atoms with E-state index < -0.39 is 0 Å². The fourth-order valence-corrected chi connectivity index (χ4v) is 2.12. The molecule has 1 unspecified atom stereocenters. The Bertz CT molecular complexity index is 560. The Balaban J connectivity index is 1.99. The third-order valence-corrected chi connectivity index (χ3v) is 3.14. The summed E-state index contributed by atoms with van der Waals surface area (Å²) in [6.07, 6.45) is 0.897. The van der Waals surface area contributed by atoms with Crippen LogP contribution in [0.4, 0.5) is 0 Å². The summed E-state index contributed by atoms with van der Waals surface area (Å²) in [5.74, 6) is 0.391. The van der Waals surface area contributed by atoms with Crippen LogP contribution in [0.5, 0.6) is 0 Å². The highest BCUT2D eigenvalue weighted by molar-refractivity contribution is 5.92. The van der Waals surface area contributed by atoms with Crippen LogP contribution in [0.1, 0.15) is 48.6 Å². The Morgan fingerprint density at radius 3 is 2.60 bits per heavy atom. The van der Waals surface area contributed by atoms with Gasteiger partial charge >= 0.3 is 0 Å². The summed E-state index contributed by atoms with van der Waals surface area (Å²) < 4.78 is 0. The number of nitrogens with zero attached hydrogens (tertiary/aromatic N) is 1. The fraction of sp³-hybridized carbons (Fsp3) is 0.375. The average molecular weight is 271 g/mol. The van der Waals surface area contributed by atoms with Crippen molar-refractivity contribution >= 4 is 5.91 Å². The van der Waals surface area contributed by atoms with Crippen molar-refractivity contribution in [2.45, 2.75) is 33.2 Å². The number of carbonyl (C=O) groups is 1. The largest absolute Gasteiger partial charge is 0.344 e. The zero-order chi connectivity index (χ0) is 14.5. The maximum Gasteiger partial charge on any atom is 0.272 e. The molecule has 2 N–H and O–H groups in total. The zero-order valence-electron chi connectivity index (χ0n) is 12.2. The fourth-order valence-electron chi connectivity index (χ4n) is 2.12. The number of carbonyl (C=O) groups excluding carboxylic acids is 1. The van der Waals surface area contributed by atoms with Crippen molar-refractivity contribution in [2.75, 3.05) is 0 Å². The Morgan fingerprint density at radius 2 is 1.95 bits per heavy atom. The number of amides is 1. The first-order chi connectivity index (χ1) is 9.56. The highest BCUT2D eigenvalue weighted by Gasteiger charge is 2.14. The predicted molar refractivity (Wildman–Crippen MR) is 79.5 cm³/mol. The summed E-state index contributed by atoms with van der Waals surface area (Å²) in [6.45, 7) is 6.24. The molecule has 2 aromatic rings. The zero-order valence-corrected chi connectivity index (χ0v) is 12.2. The van der Waals surface area contributed by atoms with Gasteiger partial charge < -0.3 is 5.32 Å². The lowest BCUT2D eigenvalue weighted by molar-refractivity contribution is 0.0935. The lowest BCUT2D eigenvalue weighted by Gasteiger charge is -2.12. The van der Waals surface area contributed by atoms with Crippen LogP contribution in [0.15, 0.2) is 36.4 Å². The second kappa shape index (κ2) is 6.37. The summed E-state index contributed by atoms with van der Waals surface area (Å²) in [5.41, 5.74) is 2.53. The number of benzene rings is 1. The molecule has 0 aliphatic rings. The van der Waals surface area contributed by atoms with Gasteiger partial charge in [-0.05, 0) is 30.9 Å². The standard InChI is InChI=1S/C16H21N3O/c1-11(2)9-14-10-15(19-18-14)16(20)17-12(3)13-7-5-4-6-8-13/h4-8,10-12H,9H2,1-3H3,(H,17,20)(H,18,19).